The number of aromatic nitrogens is 1. The van der Waals surface area contributed by atoms with E-state index in [1.54, 1.807) is 24.4 Å². The van der Waals surface area contributed by atoms with Crippen molar-refractivity contribution in [2.24, 2.45) is 0 Å². The van der Waals surface area contributed by atoms with Crippen molar-refractivity contribution < 1.29 is 14.3 Å². The van der Waals surface area contributed by atoms with Crippen LogP contribution in [0.5, 0.6) is 0 Å². The first-order valence-corrected chi connectivity index (χ1v) is 11.3. The number of ketones is 1. The fraction of sp³-hybridized carbons (Fsp3) is 0.308. The maximum Gasteiger partial charge on any atom is 0.165 e. The molecule has 0 bridgehead atoms. The van der Waals surface area contributed by atoms with Gasteiger partial charge in [-0.15, -0.1) is 0 Å². The number of Topliss-reactive ketones (excluding diaryl/α,β-unsaturated/α-hetero) is 1. The number of nitrogen functional groups attached to an aromatic ring is 1. The molecule has 3 rings (SSSR count). The molecule has 1 heterocycles. The fourth-order valence-electron chi connectivity index (χ4n) is 3.59. The van der Waals surface area contributed by atoms with Gasteiger partial charge < -0.3 is 15.7 Å². The molecule has 0 spiro atoms. The van der Waals surface area contributed by atoms with Crippen molar-refractivity contribution in [1.29, 1.82) is 0 Å². The molecule has 1 unspecified atom stereocenters. The number of aliphatic hydroxyl groups is 1. The Hall–Kier alpha value is -2.98. The predicted octanol–water partition coefficient (Wildman–Crippen LogP) is 4.67. The van der Waals surface area contributed by atoms with E-state index in [9.17, 15) is 14.3 Å². The summed E-state index contributed by atoms with van der Waals surface area (Å²) in [6.45, 7) is 6.18. The molecule has 172 valence electrons. The number of fused-ring (bicyclic) bond motifs is 1. The van der Waals surface area contributed by atoms with E-state index in [0.717, 1.165) is 23.9 Å². The van der Waals surface area contributed by atoms with Crippen LogP contribution in [0.3, 0.4) is 0 Å². The van der Waals surface area contributed by atoms with Gasteiger partial charge in [0.05, 0.1) is 17.2 Å². The van der Waals surface area contributed by atoms with Crippen LogP contribution in [0.4, 0.5) is 10.2 Å². The maximum atomic E-state index is 14.6. The average Bonchev–Trinajstić information content (AvgIpc) is 2.80. The van der Waals surface area contributed by atoms with Gasteiger partial charge in [0, 0.05) is 40.5 Å². The summed E-state index contributed by atoms with van der Waals surface area (Å²) in [5.74, 6) is 5.13. The Morgan fingerprint density at radius 3 is 2.67 bits per heavy atom. The van der Waals surface area contributed by atoms with Crippen LogP contribution in [0.25, 0.3) is 10.8 Å². The summed E-state index contributed by atoms with van der Waals surface area (Å²) in [6.07, 6.45) is 1.37. The number of hydrogen-bond donors (Lipinski definition) is 2. The highest BCUT2D eigenvalue weighted by Crippen LogP contribution is 2.25. The Kier molecular flexibility index (Phi) is 8.40. The minimum Gasteiger partial charge on any atom is -0.392 e. The Balaban J connectivity index is 1.74. The molecule has 0 saturated heterocycles. The number of carbonyl (C=O) groups is 1. The van der Waals surface area contributed by atoms with Crippen molar-refractivity contribution in [3.63, 3.8) is 0 Å². The predicted molar refractivity (Wildman–Crippen MR) is 131 cm³/mol. The van der Waals surface area contributed by atoms with E-state index in [4.69, 9.17) is 17.3 Å². The average molecular weight is 468 g/mol. The molecule has 5 nitrogen and oxygen atoms in total. The number of anilines is 1. The number of nitrogens with zero attached hydrogens (tertiary/aromatic N) is 2. The fourth-order valence-corrected chi connectivity index (χ4v) is 3.76. The molecule has 2 aromatic carbocycles. The summed E-state index contributed by atoms with van der Waals surface area (Å²) in [5.41, 5.74) is 6.91. The Morgan fingerprint density at radius 1 is 1.21 bits per heavy atom. The molecule has 3 aromatic rings. The van der Waals surface area contributed by atoms with Crippen molar-refractivity contribution in [2.45, 2.75) is 32.8 Å². The summed E-state index contributed by atoms with van der Waals surface area (Å²) in [4.78, 5) is 18.7. The molecule has 0 aliphatic rings. The quantitative estimate of drug-likeness (QED) is 0.371. The summed E-state index contributed by atoms with van der Waals surface area (Å²) < 4.78 is 14.6. The second-order valence-corrected chi connectivity index (χ2v) is 8.23. The number of pyridine rings is 1. The molecule has 7 heteroatoms. The van der Waals surface area contributed by atoms with Gasteiger partial charge in [0.25, 0.3) is 0 Å². The molecule has 0 aliphatic carbocycles. The topological polar surface area (TPSA) is 79.5 Å². The van der Waals surface area contributed by atoms with Crippen LogP contribution in [0.2, 0.25) is 5.02 Å². The van der Waals surface area contributed by atoms with Gasteiger partial charge in [-0.3, -0.25) is 4.79 Å². The molecular weight excluding hydrogens is 441 g/mol. The van der Waals surface area contributed by atoms with E-state index in [1.165, 1.54) is 12.1 Å². The minimum atomic E-state index is -0.642. The molecule has 0 fully saturated rings. The standard InChI is InChI=1S/C26H27ClFN3O2/c1-3-31(4-2)16-20(32)9-12-25(33)22-11-6-17(13-24(22)28)5-10-21-23-14-19(27)8-7-18(23)15-30-26(21)29/h6-8,11,13-15,20,32H,3-4,9,12,16H2,1-2H3,(H2,29,30). The van der Waals surface area contributed by atoms with Crippen LogP contribution in [-0.2, 0) is 0 Å². The van der Waals surface area contributed by atoms with Crippen LogP contribution in [0, 0.1) is 17.7 Å². The summed E-state index contributed by atoms with van der Waals surface area (Å²) in [7, 11) is 0. The second-order valence-electron chi connectivity index (χ2n) is 7.80. The second kappa shape index (κ2) is 11.2. The molecular formula is C26H27ClFN3O2. The van der Waals surface area contributed by atoms with E-state index in [-0.39, 0.29) is 30.0 Å². The molecule has 3 N–H and O–H groups in total. The van der Waals surface area contributed by atoms with Crippen LogP contribution >= 0.6 is 11.6 Å². The van der Waals surface area contributed by atoms with Gasteiger partial charge in [0.1, 0.15) is 11.6 Å². The number of nitrogens with two attached hydrogens (primary N) is 1. The molecule has 0 amide bonds. The lowest BCUT2D eigenvalue weighted by Gasteiger charge is -2.21. The van der Waals surface area contributed by atoms with Crippen LogP contribution in [0.1, 0.15) is 48.2 Å². The van der Waals surface area contributed by atoms with Crippen LogP contribution in [0.15, 0.2) is 42.6 Å². The van der Waals surface area contributed by atoms with Crippen molar-refractivity contribution >= 4 is 34.0 Å². The van der Waals surface area contributed by atoms with Crippen molar-refractivity contribution in [1.82, 2.24) is 9.88 Å². The van der Waals surface area contributed by atoms with Gasteiger partial charge in [0.2, 0.25) is 0 Å². The molecule has 33 heavy (non-hydrogen) atoms. The number of halogens is 2. The molecule has 1 aromatic heterocycles. The van der Waals surface area contributed by atoms with Crippen molar-refractivity contribution in [2.75, 3.05) is 25.4 Å². The van der Waals surface area contributed by atoms with E-state index in [1.807, 2.05) is 19.9 Å². The lowest BCUT2D eigenvalue weighted by Crippen LogP contribution is -2.32. The molecule has 0 aliphatic heterocycles. The Bertz CT molecular complexity index is 1210. The third-order valence-electron chi connectivity index (χ3n) is 5.55. The molecule has 0 radical (unpaired) electrons. The highest BCUT2D eigenvalue weighted by atomic mass is 35.5. The van der Waals surface area contributed by atoms with Gasteiger partial charge >= 0.3 is 0 Å². The van der Waals surface area contributed by atoms with Crippen molar-refractivity contribution in [3.05, 3.63) is 70.1 Å². The zero-order valence-corrected chi connectivity index (χ0v) is 19.5. The smallest absolute Gasteiger partial charge is 0.165 e. The van der Waals surface area contributed by atoms with Gasteiger partial charge in [0.15, 0.2) is 5.78 Å². The van der Waals surface area contributed by atoms with E-state index in [0.29, 0.717) is 22.7 Å². The first kappa shape index (κ1) is 24.7. The monoisotopic (exact) mass is 467 g/mol. The third kappa shape index (κ3) is 6.29. The minimum absolute atomic E-state index is 0.00582. The summed E-state index contributed by atoms with van der Waals surface area (Å²) in [6, 6.07) is 9.60. The first-order chi connectivity index (χ1) is 15.8. The van der Waals surface area contributed by atoms with Crippen LogP contribution < -0.4 is 5.73 Å². The van der Waals surface area contributed by atoms with Gasteiger partial charge in [-0.25, -0.2) is 9.37 Å². The number of benzene rings is 2. The SMILES string of the molecule is CCN(CC)CC(O)CCC(=O)c1ccc(C#Cc2c(N)ncc3ccc(Cl)cc23)cc1F. The number of rotatable bonds is 8. The number of hydrogen-bond acceptors (Lipinski definition) is 5. The molecule has 1 atom stereocenters. The molecule has 0 saturated carbocycles. The Morgan fingerprint density at radius 2 is 1.97 bits per heavy atom. The van der Waals surface area contributed by atoms with Gasteiger partial charge in [-0.2, -0.15) is 0 Å². The lowest BCUT2D eigenvalue weighted by molar-refractivity contribution is 0.0873. The third-order valence-corrected chi connectivity index (χ3v) is 5.79. The maximum absolute atomic E-state index is 14.6. The highest BCUT2D eigenvalue weighted by Gasteiger charge is 2.16. The Labute approximate surface area is 198 Å². The lowest BCUT2D eigenvalue weighted by atomic mass is 10.0. The summed E-state index contributed by atoms with van der Waals surface area (Å²) in [5, 5.41) is 12.3. The van der Waals surface area contributed by atoms with Crippen LogP contribution in [-0.4, -0.2) is 46.5 Å². The van der Waals surface area contributed by atoms with Gasteiger partial charge in [-0.05, 0) is 49.8 Å². The number of likely N-dealkylation sites (N-methyl/N-ethyl adjacent to an activating group) is 1. The van der Waals surface area contributed by atoms with E-state index < -0.39 is 11.9 Å². The highest BCUT2D eigenvalue weighted by molar-refractivity contribution is 6.31. The number of carbonyl (C=O) groups excluding carboxylic acids is 1. The first-order valence-electron chi connectivity index (χ1n) is 10.9. The zero-order chi connectivity index (χ0) is 24.0. The van der Waals surface area contributed by atoms with E-state index >= 15 is 0 Å². The van der Waals surface area contributed by atoms with Crippen molar-refractivity contribution in [3.8, 4) is 11.8 Å². The number of aliphatic hydroxyl groups excluding tert-OH is 1. The largest absolute Gasteiger partial charge is 0.392 e. The zero-order valence-electron chi connectivity index (χ0n) is 18.7. The normalized spacial score (nSPS) is 11.9. The van der Waals surface area contributed by atoms with Gasteiger partial charge in [-0.1, -0.05) is 43.4 Å². The summed E-state index contributed by atoms with van der Waals surface area (Å²) >= 11 is 6.10. The van der Waals surface area contributed by atoms with E-state index in [2.05, 4.69) is 21.7 Å².